The van der Waals surface area contributed by atoms with Crippen molar-refractivity contribution in [3.63, 3.8) is 0 Å². The molecule has 0 radical (unpaired) electrons. The molecule has 0 atom stereocenters. The van der Waals surface area contributed by atoms with Gasteiger partial charge in [0.2, 0.25) is 0 Å². The molecule has 0 aromatic carbocycles. The van der Waals surface area contributed by atoms with E-state index < -0.39 is 17.7 Å². The molecule has 0 unspecified atom stereocenters. The first-order valence-corrected chi connectivity index (χ1v) is 6.01. The van der Waals surface area contributed by atoms with Crippen LogP contribution in [0.3, 0.4) is 0 Å². The highest BCUT2D eigenvalue weighted by Gasteiger charge is 2.13. The van der Waals surface area contributed by atoms with Crippen molar-refractivity contribution in [2.45, 2.75) is 6.42 Å². The number of hydrogen-bond acceptors (Lipinski definition) is 5. The number of aromatic nitrogens is 2. The van der Waals surface area contributed by atoms with E-state index in [9.17, 15) is 14.0 Å². The number of halogens is 1. The number of carboxylic acids is 1. The summed E-state index contributed by atoms with van der Waals surface area (Å²) in [5.41, 5.74) is 0.188. The predicted molar refractivity (Wildman–Crippen MR) is 65.6 cm³/mol. The van der Waals surface area contributed by atoms with Gasteiger partial charge in [-0.25, -0.2) is 9.37 Å². The molecule has 0 saturated heterocycles. The molecule has 0 aliphatic heterocycles. The van der Waals surface area contributed by atoms with Crippen LogP contribution in [0.4, 0.5) is 9.52 Å². The molecule has 2 rings (SSSR count). The van der Waals surface area contributed by atoms with E-state index in [0.717, 1.165) is 17.5 Å². The van der Waals surface area contributed by atoms with Crippen molar-refractivity contribution in [2.75, 3.05) is 5.32 Å². The topological polar surface area (TPSA) is 92.2 Å². The standard InChI is InChI=1S/C11H8FN3O3S/c12-8-4-13-2-1-7(8)10(18)15-11-14-6(5-19-11)3-9(16)17/h1-2,4-5H,3H2,(H,16,17)(H,14,15,18). The summed E-state index contributed by atoms with van der Waals surface area (Å²) in [7, 11) is 0. The predicted octanol–water partition coefficient (Wildman–Crippen LogP) is 1.56. The van der Waals surface area contributed by atoms with Crippen LogP contribution in [-0.4, -0.2) is 27.0 Å². The zero-order valence-corrected chi connectivity index (χ0v) is 10.3. The largest absolute Gasteiger partial charge is 0.481 e. The molecule has 0 aliphatic rings. The van der Waals surface area contributed by atoms with Crippen LogP contribution in [0.2, 0.25) is 0 Å². The maximum Gasteiger partial charge on any atom is 0.309 e. The summed E-state index contributed by atoms with van der Waals surface area (Å²) in [4.78, 5) is 29.7. The van der Waals surface area contributed by atoms with Crippen LogP contribution in [0, 0.1) is 5.82 Å². The van der Waals surface area contributed by atoms with Crippen molar-refractivity contribution < 1.29 is 19.1 Å². The van der Waals surface area contributed by atoms with Gasteiger partial charge in [0, 0.05) is 11.6 Å². The molecule has 19 heavy (non-hydrogen) atoms. The number of thiazole rings is 1. The average molecular weight is 281 g/mol. The van der Waals surface area contributed by atoms with Gasteiger partial charge in [-0.05, 0) is 6.07 Å². The van der Waals surface area contributed by atoms with Gasteiger partial charge in [-0.1, -0.05) is 0 Å². The monoisotopic (exact) mass is 281 g/mol. The van der Waals surface area contributed by atoms with E-state index in [2.05, 4.69) is 15.3 Å². The molecule has 0 aliphatic carbocycles. The second-order valence-electron chi connectivity index (χ2n) is 3.52. The van der Waals surface area contributed by atoms with Crippen molar-refractivity contribution >= 4 is 28.3 Å². The van der Waals surface area contributed by atoms with E-state index in [1.54, 1.807) is 0 Å². The van der Waals surface area contributed by atoms with Crippen molar-refractivity contribution in [3.05, 3.63) is 40.9 Å². The summed E-state index contributed by atoms with van der Waals surface area (Å²) < 4.78 is 13.3. The van der Waals surface area contributed by atoms with Gasteiger partial charge in [0.05, 0.1) is 23.9 Å². The van der Waals surface area contributed by atoms with Crippen molar-refractivity contribution in [3.8, 4) is 0 Å². The molecule has 0 spiro atoms. The molecular weight excluding hydrogens is 273 g/mol. The number of pyridine rings is 1. The molecule has 0 bridgehead atoms. The molecule has 2 aromatic rings. The van der Waals surface area contributed by atoms with Gasteiger partial charge >= 0.3 is 5.97 Å². The van der Waals surface area contributed by atoms with Crippen LogP contribution in [0.15, 0.2) is 23.8 Å². The van der Waals surface area contributed by atoms with Gasteiger partial charge in [0.1, 0.15) is 0 Å². The zero-order valence-electron chi connectivity index (χ0n) is 9.46. The number of carbonyl (C=O) groups excluding carboxylic acids is 1. The van der Waals surface area contributed by atoms with Crippen molar-refractivity contribution in [1.29, 1.82) is 0 Å². The van der Waals surface area contributed by atoms with E-state index in [1.807, 2.05) is 0 Å². The van der Waals surface area contributed by atoms with Crippen molar-refractivity contribution in [1.82, 2.24) is 9.97 Å². The van der Waals surface area contributed by atoms with Gasteiger partial charge < -0.3 is 5.11 Å². The van der Waals surface area contributed by atoms with Crippen LogP contribution in [0.1, 0.15) is 16.1 Å². The fourth-order valence-corrected chi connectivity index (χ4v) is 2.03. The number of rotatable bonds is 4. The van der Waals surface area contributed by atoms with Crippen molar-refractivity contribution in [2.24, 2.45) is 0 Å². The number of carbonyl (C=O) groups is 2. The zero-order chi connectivity index (χ0) is 13.8. The third kappa shape index (κ3) is 3.32. The Morgan fingerprint density at radius 1 is 1.47 bits per heavy atom. The van der Waals surface area contributed by atoms with E-state index in [-0.39, 0.29) is 17.1 Å². The maximum absolute atomic E-state index is 13.3. The average Bonchev–Trinajstić information content (AvgIpc) is 2.76. The molecule has 2 N–H and O–H groups in total. The van der Waals surface area contributed by atoms with E-state index in [4.69, 9.17) is 5.11 Å². The van der Waals surface area contributed by atoms with E-state index >= 15 is 0 Å². The molecule has 2 aromatic heterocycles. The highest BCUT2D eigenvalue weighted by molar-refractivity contribution is 7.14. The minimum atomic E-state index is -1.01. The summed E-state index contributed by atoms with van der Waals surface area (Å²) in [5.74, 6) is -2.40. The molecule has 6 nitrogen and oxygen atoms in total. The quantitative estimate of drug-likeness (QED) is 0.887. The lowest BCUT2D eigenvalue weighted by atomic mass is 10.2. The lowest BCUT2D eigenvalue weighted by molar-refractivity contribution is -0.136. The Hall–Kier alpha value is -2.35. The number of nitrogens with one attached hydrogen (secondary N) is 1. The SMILES string of the molecule is O=C(O)Cc1csc(NC(=O)c2ccncc2F)n1. The fourth-order valence-electron chi connectivity index (χ4n) is 1.32. The molecule has 0 fully saturated rings. The minimum absolute atomic E-state index is 0.148. The number of hydrogen-bond donors (Lipinski definition) is 2. The first-order chi connectivity index (χ1) is 9.06. The van der Waals surface area contributed by atoms with Gasteiger partial charge in [0.15, 0.2) is 10.9 Å². The van der Waals surface area contributed by atoms with Gasteiger partial charge in [-0.2, -0.15) is 0 Å². The molecule has 1 amide bonds. The summed E-state index contributed by atoms with van der Waals surface area (Å²) in [6, 6.07) is 1.25. The Morgan fingerprint density at radius 2 is 2.26 bits per heavy atom. The van der Waals surface area contributed by atoms with E-state index in [1.165, 1.54) is 17.6 Å². The lowest BCUT2D eigenvalue weighted by Crippen LogP contribution is -2.14. The number of anilines is 1. The van der Waals surface area contributed by atoms with Crippen LogP contribution in [0.25, 0.3) is 0 Å². The normalized spacial score (nSPS) is 10.2. The Morgan fingerprint density at radius 3 is 2.95 bits per heavy atom. The third-order valence-electron chi connectivity index (χ3n) is 2.12. The number of amides is 1. The Balaban J connectivity index is 2.09. The molecular formula is C11H8FN3O3S. The van der Waals surface area contributed by atoms with Crippen LogP contribution in [0.5, 0.6) is 0 Å². The van der Waals surface area contributed by atoms with E-state index in [0.29, 0.717) is 5.69 Å². The fraction of sp³-hybridized carbons (Fsp3) is 0.0909. The third-order valence-corrected chi connectivity index (χ3v) is 2.93. The molecule has 0 saturated carbocycles. The Labute approximate surface area is 110 Å². The lowest BCUT2D eigenvalue weighted by Gasteiger charge is -2.01. The Bertz CT molecular complexity index is 629. The summed E-state index contributed by atoms with van der Waals surface area (Å²) in [5, 5.41) is 12.7. The molecule has 2 heterocycles. The smallest absolute Gasteiger partial charge is 0.309 e. The highest BCUT2D eigenvalue weighted by Crippen LogP contribution is 2.17. The number of nitrogens with zero attached hydrogens (tertiary/aromatic N) is 2. The van der Waals surface area contributed by atoms with Crippen LogP contribution < -0.4 is 5.32 Å². The summed E-state index contributed by atoms with van der Waals surface area (Å²) in [6.45, 7) is 0. The van der Waals surface area contributed by atoms with Gasteiger partial charge in [-0.15, -0.1) is 11.3 Å². The van der Waals surface area contributed by atoms with Gasteiger partial charge in [-0.3, -0.25) is 19.9 Å². The minimum Gasteiger partial charge on any atom is -0.481 e. The second-order valence-corrected chi connectivity index (χ2v) is 4.38. The van der Waals surface area contributed by atoms with Gasteiger partial charge in [0.25, 0.3) is 5.91 Å². The van der Waals surface area contributed by atoms with Crippen LogP contribution >= 0.6 is 11.3 Å². The number of carboxylic acid groups (broad SMARTS) is 1. The summed E-state index contributed by atoms with van der Waals surface area (Å²) >= 11 is 1.08. The highest BCUT2D eigenvalue weighted by atomic mass is 32.1. The van der Waals surface area contributed by atoms with Crippen LogP contribution in [-0.2, 0) is 11.2 Å². The summed E-state index contributed by atoms with van der Waals surface area (Å²) in [6.07, 6.45) is 2.01. The first kappa shape index (κ1) is 13.1. The first-order valence-electron chi connectivity index (χ1n) is 5.13. The molecule has 8 heteroatoms. The molecule has 98 valence electrons. The number of aliphatic carboxylic acids is 1. The Kier molecular flexibility index (Phi) is 3.81. The second kappa shape index (κ2) is 5.53. The maximum atomic E-state index is 13.3.